The maximum atomic E-state index is 12.4. The summed E-state index contributed by atoms with van der Waals surface area (Å²) in [5.41, 5.74) is 1.66. The van der Waals surface area contributed by atoms with E-state index < -0.39 is 0 Å². The largest absolute Gasteiger partial charge is 0.452 e. The van der Waals surface area contributed by atoms with E-state index in [9.17, 15) is 4.79 Å². The first-order chi connectivity index (χ1) is 8.97. The molecule has 0 unspecified atom stereocenters. The predicted octanol–water partition coefficient (Wildman–Crippen LogP) is 4.39. The molecular formula is C14H13Br2NO2. The quantitative estimate of drug-likeness (QED) is 0.783. The first-order valence-electron chi connectivity index (χ1n) is 5.73. The van der Waals surface area contributed by atoms with Crippen LogP contribution < -0.4 is 0 Å². The van der Waals surface area contributed by atoms with Crippen molar-refractivity contribution in [3.63, 3.8) is 0 Å². The summed E-state index contributed by atoms with van der Waals surface area (Å²) in [4.78, 5) is 14.0. The van der Waals surface area contributed by atoms with E-state index in [4.69, 9.17) is 4.42 Å². The number of benzene rings is 1. The van der Waals surface area contributed by atoms with Gasteiger partial charge in [-0.15, -0.1) is 0 Å². The number of furan rings is 1. The molecule has 2 rings (SSSR count). The van der Waals surface area contributed by atoms with Crippen LogP contribution in [0.1, 0.15) is 21.7 Å². The van der Waals surface area contributed by atoms with Gasteiger partial charge in [-0.2, -0.15) is 0 Å². The number of rotatable bonds is 3. The van der Waals surface area contributed by atoms with E-state index in [2.05, 4.69) is 31.9 Å². The Hall–Kier alpha value is -1.07. The molecule has 0 aliphatic carbocycles. The average molecular weight is 387 g/mol. The van der Waals surface area contributed by atoms with Gasteiger partial charge in [-0.1, -0.05) is 22.0 Å². The molecule has 0 fully saturated rings. The van der Waals surface area contributed by atoms with Gasteiger partial charge in [-0.3, -0.25) is 4.79 Å². The Labute approximate surface area is 128 Å². The van der Waals surface area contributed by atoms with Gasteiger partial charge in [0.2, 0.25) is 0 Å². The van der Waals surface area contributed by atoms with Crippen molar-refractivity contribution in [2.75, 3.05) is 7.05 Å². The van der Waals surface area contributed by atoms with Gasteiger partial charge in [0.15, 0.2) is 4.67 Å². The first kappa shape index (κ1) is 14.3. The lowest BCUT2D eigenvalue weighted by Gasteiger charge is -2.17. The zero-order valence-electron chi connectivity index (χ0n) is 10.6. The molecular weight excluding hydrogens is 374 g/mol. The lowest BCUT2D eigenvalue weighted by Crippen LogP contribution is -2.26. The number of halogens is 2. The Morgan fingerprint density at radius 2 is 2.00 bits per heavy atom. The molecule has 1 aromatic carbocycles. The molecule has 5 heteroatoms. The van der Waals surface area contributed by atoms with E-state index >= 15 is 0 Å². The van der Waals surface area contributed by atoms with Gasteiger partial charge in [0.25, 0.3) is 5.91 Å². The molecule has 0 radical (unpaired) electrons. The second kappa shape index (κ2) is 5.92. The summed E-state index contributed by atoms with van der Waals surface area (Å²) in [6.07, 6.45) is 0. The van der Waals surface area contributed by atoms with Crippen LogP contribution >= 0.6 is 31.9 Å². The summed E-state index contributed by atoms with van der Waals surface area (Å²) in [7, 11) is 1.76. The molecule has 0 spiro atoms. The minimum atomic E-state index is -0.0219. The maximum absolute atomic E-state index is 12.4. The zero-order chi connectivity index (χ0) is 14.0. The normalized spacial score (nSPS) is 10.5. The van der Waals surface area contributed by atoms with Crippen LogP contribution in [0, 0.1) is 6.92 Å². The highest BCUT2D eigenvalue weighted by atomic mass is 79.9. The Balaban J connectivity index is 2.16. The van der Waals surface area contributed by atoms with Crippen molar-refractivity contribution >= 4 is 37.8 Å². The first-order valence-corrected chi connectivity index (χ1v) is 7.32. The average Bonchev–Trinajstić information content (AvgIpc) is 2.77. The number of hydrogen-bond acceptors (Lipinski definition) is 2. The lowest BCUT2D eigenvalue weighted by molar-refractivity contribution is 0.0774. The molecule has 0 saturated heterocycles. The molecule has 0 aliphatic rings. The van der Waals surface area contributed by atoms with Crippen molar-refractivity contribution in [3.8, 4) is 0 Å². The molecule has 1 amide bonds. The second-order valence-electron chi connectivity index (χ2n) is 4.33. The van der Waals surface area contributed by atoms with Crippen molar-refractivity contribution in [3.05, 3.63) is 56.4 Å². The van der Waals surface area contributed by atoms with E-state index in [0.29, 0.717) is 16.8 Å². The Morgan fingerprint density at radius 3 is 2.63 bits per heavy atom. The van der Waals surface area contributed by atoms with Gasteiger partial charge in [0, 0.05) is 17.1 Å². The van der Waals surface area contributed by atoms with Gasteiger partial charge in [0.1, 0.15) is 5.76 Å². The molecule has 0 N–H and O–H groups in total. The Kier molecular flexibility index (Phi) is 4.47. The lowest BCUT2D eigenvalue weighted by atomic mass is 10.1. The van der Waals surface area contributed by atoms with Crippen LogP contribution in [0.4, 0.5) is 0 Å². The third kappa shape index (κ3) is 3.48. The third-order valence-electron chi connectivity index (χ3n) is 2.80. The van der Waals surface area contributed by atoms with Crippen molar-refractivity contribution < 1.29 is 9.21 Å². The molecule has 0 atom stereocenters. The van der Waals surface area contributed by atoms with Crippen LogP contribution in [0.3, 0.4) is 0 Å². The topological polar surface area (TPSA) is 33.5 Å². The van der Waals surface area contributed by atoms with Crippen LogP contribution in [0.25, 0.3) is 0 Å². The van der Waals surface area contributed by atoms with E-state index in [1.54, 1.807) is 11.9 Å². The number of hydrogen-bond donors (Lipinski definition) is 0. The molecule has 3 nitrogen and oxygen atoms in total. The minimum Gasteiger partial charge on any atom is -0.452 e. The van der Waals surface area contributed by atoms with Gasteiger partial charge in [0.05, 0.1) is 6.54 Å². The van der Waals surface area contributed by atoms with Crippen molar-refractivity contribution in [1.82, 2.24) is 4.90 Å². The summed E-state index contributed by atoms with van der Waals surface area (Å²) in [5.74, 6) is 0.724. The molecule has 1 heterocycles. The molecule has 100 valence electrons. The van der Waals surface area contributed by atoms with E-state index in [1.807, 2.05) is 37.3 Å². The van der Waals surface area contributed by atoms with E-state index in [-0.39, 0.29) is 5.91 Å². The molecule has 1 aromatic heterocycles. The number of aryl methyl sites for hydroxylation is 1. The van der Waals surface area contributed by atoms with Gasteiger partial charge in [-0.25, -0.2) is 0 Å². The monoisotopic (exact) mass is 385 g/mol. The summed E-state index contributed by atoms with van der Waals surface area (Å²) < 4.78 is 6.97. The summed E-state index contributed by atoms with van der Waals surface area (Å²) in [6.45, 7) is 2.37. The highest BCUT2D eigenvalue weighted by Crippen LogP contribution is 2.19. The third-order valence-corrected chi connectivity index (χ3v) is 3.72. The standard InChI is InChI=1S/C14H13Br2NO2/c1-9-3-4-10(15)7-12(9)14(18)17(2)8-11-5-6-13(16)19-11/h3-7H,8H2,1-2H3. The Bertz CT molecular complexity index is 607. The summed E-state index contributed by atoms with van der Waals surface area (Å²) in [6, 6.07) is 9.36. The highest BCUT2D eigenvalue weighted by molar-refractivity contribution is 9.10. The highest BCUT2D eigenvalue weighted by Gasteiger charge is 2.16. The second-order valence-corrected chi connectivity index (χ2v) is 6.02. The van der Waals surface area contributed by atoms with Gasteiger partial charge < -0.3 is 9.32 Å². The molecule has 0 saturated carbocycles. The molecule has 0 aliphatic heterocycles. The fraction of sp³-hybridized carbons (Fsp3) is 0.214. The summed E-state index contributed by atoms with van der Waals surface area (Å²) >= 11 is 6.64. The van der Waals surface area contributed by atoms with Crippen LogP contribution in [0.2, 0.25) is 0 Å². The van der Waals surface area contributed by atoms with Crippen LogP contribution in [0.5, 0.6) is 0 Å². The predicted molar refractivity (Wildman–Crippen MR) is 81.1 cm³/mol. The number of carbonyl (C=O) groups is 1. The molecule has 19 heavy (non-hydrogen) atoms. The number of nitrogens with zero attached hydrogens (tertiary/aromatic N) is 1. The van der Waals surface area contributed by atoms with Crippen molar-refractivity contribution in [2.45, 2.75) is 13.5 Å². The number of carbonyl (C=O) groups excluding carboxylic acids is 1. The fourth-order valence-corrected chi connectivity index (χ4v) is 2.47. The van der Waals surface area contributed by atoms with E-state index in [1.165, 1.54) is 0 Å². The van der Waals surface area contributed by atoms with E-state index in [0.717, 1.165) is 15.8 Å². The maximum Gasteiger partial charge on any atom is 0.254 e. The van der Waals surface area contributed by atoms with Gasteiger partial charge in [-0.05, 0) is 52.7 Å². The zero-order valence-corrected chi connectivity index (χ0v) is 13.8. The van der Waals surface area contributed by atoms with Crippen molar-refractivity contribution in [2.24, 2.45) is 0 Å². The van der Waals surface area contributed by atoms with Crippen LogP contribution in [-0.4, -0.2) is 17.9 Å². The number of amides is 1. The molecule has 0 bridgehead atoms. The minimum absolute atomic E-state index is 0.0219. The van der Waals surface area contributed by atoms with Gasteiger partial charge >= 0.3 is 0 Å². The molecule has 2 aromatic rings. The van der Waals surface area contributed by atoms with Crippen LogP contribution in [-0.2, 0) is 6.54 Å². The summed E-state index contributed by atoms with van der Waals surface area (Å²) in [5, 5.41) is 0. The fourth-order valence-electron chi connectivity index (χ4n) is 1.77. The van der Waals surface area contributed by atoms with Crippen LogP contribution in [0.15, 0.2) is 43.9 Å². The Morgan fingerprint density at radius 1 is 1.26 bits per heavy atom. The smallest absolute Gasteiger partial charge is 0.254 e. The SMILES string of the molecule is Cc1ccc(Br)cc1C(=O)N(C)Cc1ccc(Br)o1. The van der Waals surface area contributed by atoms with Crippen molar-refractivity contribution in [1.29, 1.82) is 0 Å².